The molecular formula is C14H22N2O. The number of nitrogens with one attached hydrogen (secondary N) is 1. The predicted octanol–water partition coefficient (Wildman–Crippen LogP) is 1.89. The van der Waals surface area contributed by atoms with Gasteiger partial charge in [0.15, 0.2) is 0 Å². The SMILES string of the molecule is CC(CNC(=O)C(N)C(C)C)c1ccccc1. The minimum atomic E-state index is -0.419. The van der Waals surface area contributed by atoms with Crippen LogP contribution in [0.1, 0.15) is 32.3 Å². The van der Waals surface area contributed by atoms with E-state index in [9.17, 15) is 4.79 Å². The molecule has 2 atom stereocenters. The molecule has 94 valence electrons. The van der Waals surface area contributed by atoms with Crippen molar-refractivity contribution in [3.8, 4) is 0 Å². The van der Waals surface area contributed by atoms with Crippen molar-refractivity contribution >= 4 is 5.91 Å². The Hall–Kier alpha value is -1.35. The summed E-state index contributed by atoms with van der Waals surface area (Å²) in [6.07, 6.45) is 0. The number of rotatable bonds is 5. The molecule has 0 saturated carbocycles. The average molecular weight is 234 g/mol. The molecule has 2 unspecified atom stereocenters. The normalized spacial score (nSPS) is 14.4. The summed E-state index contributed by atoms with van der Waals surface area (Å²) < 4.78 is 0. The van der Waals surface area contributed by atoms with Crippen LogP contribution in [0.15, 0.2) is 30.3 Å². The number of nitrogens with two attached hydrogens (primary N) is 1. The second kappa shape index (κ2) is 6.40. The maximum atomic E-state index is 11.7. The van der Waals surface area contributed by atoms with Crippen LogP contribution in [0, 0.1) is 5.92 Å². The number of benzene rings is 1. The molecule has 0 fully saturated rings. The molecule has 0 heterocycles. The molecule has 1 rings (SSSR count). The first-order valence-electron chi connectivity index (χ1n) is 6.10. The van der Waals surface area contributed by atoms with E-state index in [0.29, 0.717) is 12.5 Å². The van der Waals surface area contributed by atoms with Gasteiger partial charge in [-0.15, -0.1) is 0 Å². The molecule has 3 N–H and O–H groups in total. The Morgan fingerprint density at radius 1 is 1.24 bits per heavy atom. The Labute approximate surface area is 103 Å². The lowest BCUT2D eigenvalue weighted by Crippen LogP contribution is -2.44. The maximum absolute atomic E-state index is 11.7. The van der Waals surface area contributed by atoms with Gasteiger partial charge < -0.3 is 11.1 Å². The first-order valence-corrected chi connectivity index (χ1v) is 6.10. The summed E-state index contributed by atoms with van der Waals surface area (Å²) in [5.74, 6) is 0.407. The lowest BCUT2D eigenvalue weighted by molar-refractivity contribution is -0.123. The zero-order chi connectivity index (χ0) is 12.8. The first-order chi connectivity index (χ1) is 8.02. The molecule has 0 spiro atoms. The van der Waals surface area contributed by atoms with Crippen LogP contribution >= 0.6 is 0 Å². The smallest absolute Gasteiger partial charge is 0.237 e. The van der Waals surface area contributed by atoms with Crippen molar-refractivity contribution in [1.82, 2.24) is 5.32 Å². The molecule has 0 aliphatic carbocycles. The molecule has 17 heavy (non-hydrogen) atoms. The Kier molecular flexibility index (Phi) is 5.16. The molecule has 1 aromatic rings. The summed E-state index contributed by atoms with van der Waals surface area (Å²) in [5.41, 5.74) is 7.00. The van der Waals surface area contributed by atoms with Crippen LogP contribution in [-0.2, 0) is 4.79 Å². The lowest BCUT2D eigenvalue weighted by atomic mass is 10.0. The van der Waals surface area contributed by atoms with Crippen LogP contribution in [0.25, 0.3) is 0 Å². The third-order valence-corrected chi connectivity index (χ3v) is 2.97. The molecule has 3 nitrogen and oxygen atoms in total. The number of hydrogen-bond acceptors (Lipinski definition) is 2. The zero-order valence-electron chi connectivity index (χ0n) is 10.8. The minimum Gasteiger partial charge on any atom is -0.354 e. The largest absolute Gasteiger partial charge is 0.354 e. The van der Waals surface area contributed by atoms with Crippen molar-refractivity contribution in [3.05, 3.63) is 35.9 Å². The van der Waals surface area contributed by atoms with Crippen LogP contribution in [0.5, 0.6) is 0 Å². The Morgan fingerprint density at radius 3 is 2.35 bits per heavy atom. The van der Waals surface area contributed by atoms with E-state index in [1.54, 1.807) is 0 Å². The summed E-state index contributed by atoms with van der Waals surface area (Å²) in [5, 5.41) is 2.90. The third kappa shape index (κ3) is 4.19. The number of hydrogen-bond donors (Lipinski definition) is 2. The van der Waals surface area contributed by atoms with Gasteiger partial charge in [0.25, 0.3) is 0 Å². The second-order valence-corrected chi connectivity index (χ2v) is 4.83. The van der Waals surface area contributed by atoms with E-state index in [1.165, 1.54) is 5.56 Å². The van der Waals surface area contributed by atoms with Crippen LogP contribution in [-0.4, -0.2) is 18.5 Å². The topological polar surface area (TPSA) is 55.1 Å². The number of carbonyl (C=O) groups is 1. The van der Waals surface area contributed by atoms with Crippen molar-refractivity contribution in [2.45, 2.75) is 32.7 Å². The molecule has 0 aliphatic heterocycles. The number of carbonyl (C=O) groups excluding carboxylic acids is 1. The van der Waals surface area contributed by atoms with Gasteiger partial charge in [-0.25, -0.2) is 0 Å². The van der Waals surface area contributed by atoms with Gasteiger partial charge in [0.1, 0.15) is 0 Å². The molecule has 1 aromatic carbocycles. The van der Waals surface area contributed by atoms with E-state index >= 15 is 0 Å². The molecule has 0 saturated heterocycles. The summed E-state index contributed by atoms with van der Waals surface area (Å²) in [7, 11) is 0. The highest BCUT2D eigenvalue weighted by Gasteiger charge is 2.17. The fraction of sp³-hybridized carbons (Fsp3) is 0.500. The van der Waals surface area contributed by atoms with Crippen molar-refractivity contribution in [3.63, 3.8) is 0 Å². The zero-order valence-corrected chi connectivity index (χ0v) is 10.8. The lowest BCUT2D eigenvalue weighted by Gasteiger charge is -2.18. The fourth-order valence-electron chi connectivity index (χ4n) is 1.57. The van der Waals surface area contributed by atoms with Gasteiger partial charge in [-0.2, -0.15) is 0 Å². The molecule has 0 radical (unpaired) electrons. The standard InChI is InChI=1S/C14H22N2O/c1-10(2)13(15)14(17)16-9-11(3)12-7-5-4-6-8-12/h4-8,10-11,13H,9,15H2,1-3H3,(H,16,17). The summed E-state index contributed by atoms with van der Waals surface area (Å²) in [6.45, 7) is 6.62. The van der Waals surface area contributed by atoms with E-state index in [2.05, 4.69) is 24.4 Å². The Balaban J connectivity index is 2.44. The Morgan fingerprint density at radius 2 is 1.82 bits per heavy atom. The van der Waals surface area contributed by atoms with E-state index in [4.69, 9.17) is 5.73 Å². The van der Waals surface area contributed by atoms with Crippen molar-refractivity contribution in [2.75, 3.05) is 6.54 Å². The molecule has 0 aliphatic rings. The average Bonchev–Trinajstić information content (AvgIpc) is 2.35. The third-order valence-electron chi connectivity index (χ3n) is 2.97. The fourth-order valence-corrected chi connectivity index (χ4v) is 1.57. The van der Waals surface area contributed by atoms with Gasteiger partial charge in [-0.1, -0.05) is 51.1 Å². The minimum absolute atomic E-state index is 0.0669. The molecule has 0 bridgehead atoms. The van der Waals surface area contributed by atoms with Gasteiger partial charge >= 0.3 is 0 Å². The van der Waals surface area contributed by atoms with E-state index in [-0.39, 0.29) is 11.8 Å². The van der Waals surface area contributed by atoms with E-state index in [1.807, 2.05) is 32.0 Å². The number of amides is 1. The molecule has 3 heteroatoms. The van der Waals surface area contributed by atoms with Crippen LogP contribution in [0.2, 0.25) is 0 Å². The van der Waals surface area contributed by atoms with Crippen molar-refractivity contribution in [2.24, 2.45) is 11.7 Å². The quantitative estimate of drug-likeness (QED) is 0.817. The highest BCUT2D eigenvalue weighted by Crippen LogP contribution is 2.13. The molecule has 0 aromatic heterocycles. The van der Waals surface area contributed by atoms with Crippen LogP contribution in [0.3, 0.4) is 0 Å². The maximum Gasteiger partial charge on any atom is 0.237 e. The summed E-state index contributed by atoms with van der Waals surface area (Å²) in [6, 6.07) is 9.72. The van der Waals surface area contributed by atoms with E-state index < -0.39 is 6.04 Å². The highest BCUT2D eigenvalue weighted by molar-refractivity contribution is 5.81. The van der Waals surface area contributed by atoms with Gasteiger partial charge in [0, 0.05) is 6.54 Å². The van der Waals surface area contributed by atoms with Crippen LogP contribution in [0.4, 0.5) is 0 Å². The summed E-state index contributed by atoms with van der Waals surface area (Å²) in [4.78, 5) is 11.7. The van der Waals surface area contributed by atoms with Crippen LogP contribution < -0.4 is 11.1 Å². The monoisotopic (exact) mass is 234 g/mol. The highest BCUT2D eigenvalue weighted by atomic mass is 16.2. The summed E-state index contributed by atoms with van der Waals surface area (Å²) >= 11 is 0. The van der Waals surface area contributed by atoms with Gasteiger partial charge in [-0.05, 0) is 17.4 Å². The van der Waals surface area contributed by atoms with Gasteiger partial charge in [0.05, 0.1) is 6.04 Å². The van der Waals surface area contributed by atoms with Gasteiger partial charge in [0.2, 0.25) is 5.91 Å². The van der Waals surface area contributed by atoms with Crippen molar-refractivity contribution in [1.29, 1.82) is 0 Å². The second-order valence-electron chi connectivity index (χ2n) is 4.83. The van der Waals surface area contributed by atoms with Gasteiger partial charge in [-0.3, -0.25) is 4.79 Å². The Bertz CT molecular complexity index is 348. The first kappa shape index (κ1) is 13.7. The molecular weight excluding hydrogens is 212 g/mol. The molecule has 1 amide bonds. The van der Waals surface area contributed by atoms with Crippen molar-refractivity contribution < 1.29 is 4.79 Å². The van der Waals surface area contributed by atoms with E-state index in [0.717, 1.165) is 0 Å². The predicted molar refractivity (Wildman–Crippen MR) is 70.7 cm³/mol.